The molecular formula is C23H21BrN4O3S. The van der Waals surface area contributed by atoms with E-state index in [0.717, 1.165) is 26.4 Å². The van der Waals surface area contributed by atoms with E-state index in [1.54, 1.807) is 31.4 Å². The van der Waals surface area contributed by atoms with Gasteiger partial charge in [-0.2, -0.15) is 0 Å². The summed E-state index contributed by atoms with van der Waals surface area (Å²) in [5, 5.41) is 14.8. The van der Waals surface area contributed by atoms with E-state index in [-0.39, 0.29) is 30.5 Å². The molecule has 9 heteroatoms. The van der Waals surface area contributed by atoms with Crippen molar-refractivity contribution >= 4 is 44.0 Å². The molecule has 0 fully saturated rings. The molecule has 4 rings (SSSR count). The van der Waals surface area contributed by atoms with Crippen LogP contribution in [0.25, 0.3) is 16.2 Å². The van der Waals surface area contributed by atoms with E-state index in [9.17, 15) is 14.7 Å². The fraction of sp³-hybridized carbons (Fsp3) is 0.174. The quantitative estimate of drug-likeness (QED) is 0.393. The topological polar surface area (TPSA) is 86.9 Å². The minimum atomic E-state index is -0.270. The van der Waals surface area contributed by atoms with Crippen molar-refractivity contribution < 1.29 is 14.7 Å². The summed E-state index contributed by atoms with van der Waals surface area (Å²) in [7, 11) is 1.57. The van der Waals surface area contributed by atoms with Crippen molar-refractivity contribution in [1.29, 1.82) is 0 Å². The van der Waals surface area contributed by atoms with Crippen LogP contribution in [0.3, 0.4) is 0 Å². The summed E-state index contributed by atoms with van der Waals surface area (Å²) >= 11 is 4.99. The fourth-order valence-electron chi connectivity index (χ4n) is 3.32. The van der Waals surface area contributed by atoms with Crippen LogP contribution in [0.4, 0.5) is 0 Å². The molecule has 2 amide bonds. The van der Waals surface area contributed by atoms with Gasteiger partial charge in [0.25, 0.3) is 0 Å². The predicted molar refractivity (Wildman–Crippen MR) is 127 cm³/mol. The summed E-state index contributed by atoms with van der Waals surface area (Å²) in [5.41, 5.74) is 3.45. The highest BCUT2D eigenvalue weighted by atomic mass is 79.9. The number of imidazole rings is 1. The second-order valence-electron chi connectivity index (χ2n) is 7.33. The lowest BCUT2D eigenvalue weighted by Crippen LogP contribution is -2.38. The number of nitrogens with zero attached hydrogens (tertiary/aromatic N) is 3. The molecule has 0 bridgehead atoms. The van der Waals surface area contributed by atoms with E-state index < -0.39 is 0 Å². The molecule has 0 aliphatic heterocycles. The Hall–Kier alpha value is -3.17. The lowest BCUT2D eigenvalue weighted by Gasteiger charge is -2.17. The van der Waals surface area contributed by atoms with Gasteiger partial charge in [0, 0.05) is 22.5 Å². The van der Waals surface area contributed by atoms with Crippen LogP contribution in [-0.2, 0) is 22.6 Å². The Balaban J connectivity index is 1.39. The molecule has 0 unspecified atom stereocenters. The smallest absolute Gasteiger partial charge is 0.239 e. The van der Waals surface area contributed by atoms with Gasteiger partial charge in [0.15, 0.2) is 4.96 Å². The van der Waals surface area contributed by atoms with Crippen LogP contribution in [0.5, 0.6) is 5.75 Å². The number of carbonyl (C=O) groups excluding carboxylic acids is 2. The summed E-state index contributed by atoms with van der Waals surface area (Å²) in [4.78, 5) is 31.5. The van der Waals surface area contributed by atoms with Crippen LogP contribution >= 0.6 is 27.3 Å². The van der Waals surface area contributed by atoms with Crippen molar-refractivity contribution in [3.05, 3.63) is 75.8 Å². The molecule has 32 heavy (non-hydrogen) atoms. The number of rotatable bonds is 7. The van der Waals surface area contributed by atoms with Gasteiger partial charge >= 0.3 is 0 Å². The number of phenolic OH excluding ortho intramolecular Hbond substituents is 1. The average molecular weight is 513 g/mol. The molecule has 0 radical (unpaired) electrons. The number of thiazole rings is 1. The Labute approximate surface area is 197 Å². The minimum Gasteiger partial charge on any atom is -0.508 e. The molecule has 0 aliphatic carbocycles. The van der Waals surface area contributed by atoms with Crippen molar-refractivity contribution in [2.45, 2.75) is 13.0 Å². The van der Waals surface area contributed by atoms with Gasteiger partial charge in [0.05, 0.1) is 37.1 Å². The lowest BCUT2D eigenvalue weighted by atomic mass is 10.1. The van der Waals surface area contributed by atoms with E-state index in [2.05, 4.69) is 26.2 Å². The van der Waals surface area contributed by atoms with E-state index in [4.69, 9.17) is 0 Å². The Bertz CT molecular complexity index is 1270. The Morgan fingerprint density at radius 3 is 2.69 bits per heavy atom. The maximum Gasteiger partial charge on any atom is 0.239 e. The largest absolute Gasteiger partial charge is 0.508 e. The third-order valence-corrected chi connectivity index (χ3v) is 6.43. The number of aromatic hydroxyl groups is 1. The van der Waals surface area contributed by atoms with Crippen molar-refractivity contribution in [1.82, 2.24) is 19.6 Å². The monoisotopic (exact) mass is 512 g/mol. The second-order valence-corrected chi connectivity index (χ2v) is 9.08. The molecule has 2 N–H and O–H groups in total. The molecule has 0 saturated carbocycles. The number of carbonyl (C=O) groups is 2. The van der Waals surface area contributed by atoms with Crippen LogP contribution in [0.2, 0.25) is 0 Å². The zero-order valence-corrected chi connectivity index (χ0v) is 19.7. The maximum atomic E-state index is 12.5. The van der Waals surface area contributed by atoms with Gasteiger partial charge in [0.2, 0.25) is 11.8 Å². The second kappa shape index (κ2) is 9.54. The van der Waals surface area contributed by atoms with Crippen LogP contribution in [0.1, 0.15) is 11.3 Å². The third kappa shape index (κ3) is 4.84. The Morgan fingerprint density at radius 1 is 1.19 bits per heavy atom. The SMILES string of the molecule is CN(CC(=O)NCc1cnc2scc(-c3ccc(Br)cc3)n12)C(=O)Cc1ccccc1O. The summed E-state index contributed by atoms with van der Waals surface area (Å²) in [6.07, 6.45) is 1.78. The molecule has 2 aromatic heterocycles. The van der Waals surface area contributed by atoms with Crippen LogP contribution in [0, 0.1) is 0 Å². The van der Waals surface area contributed by atoms with E-state index in [0.29, 0.717) is 12.1 Å². The van der Waals surface area contributed by atoms with Crippen LogP contribution < -0.4 is 5.32 Å². The third-order valence-electron chi connectivity index (χ3n) is 5.07. The molecule has 164 valence electrons. The molecule has 0 aliphatic rings. The first kappa shape index (κ1) is 22.0. The minimum absolute atomic E-state index is 0.0329. The van der Waals surface area contributed by atoms with Gasteiger partial charge in [-0.3, -0.25) is 14.0 Å². The molecule has 2 aromatic carbocycles. The number of aromatic nitrogens is 2. The van der Waals surface area contributed by atoms with Crippen molar-refractivity contribution in [2.75, 3.05) is 13.6 Å². The number of likely N-dealkylation sites (N-methyl/N-ethyl adjacent to an activating group) is 1. The van der Waals surface area contributed by atoms with Crippen molar-refractivity contribution in [3.63, 3.8) is 0 Å². The molecule has 0 saturated heterocycles. The number of fused-ring (bicyclic) bond motifs is 1. The number of halogens is 1. The first-order valence-corrected chi connectivity index (χ1v) is 11.6. The van der Waals surface area contributed by atoms with Gasteiger partial charge < -0.3 is 15.3 Å². The highest BCUT2D eigenvalue weighted by Crippen LogP contribution is 2.28. The Morgan fingerprint density at radius 2 is 1.94 bits per heavy atom. The molecule has 0 spiro atoms. The number of para-hydroxylation sites is 1. The first-order chi connectivity index (χ1) is 15.4. The number of benzene rings is 2. The number of phenols is 1. The lowest BCUT2D eigenvalue weighted by molar-refractivity contribution is -0.134. The fourth-order valence-corrected chi connectivity index (χ4v) is 4.48. The average Bonchev–Trinajstić information content (AvgIpc) is 3.37. The summed E-state index contributed by atoms with van der Waals surface area (Å²) in [5.74, 6) is -0.446. The molecule has 0 atom stereocenters. The number of amides is 2. The highest BCUT2D eigenvalue weighted by Gasteiger charge is 2.16. The maximum absolute atomic E-state index is 12.5. The van der Waals surface area contributed by atoms with Gasteiger partial charge in [-0.1, -0.05) is 46.3 Å². The number of hydrogen-bond acceptors (Lipinski definition) is 5. The molecular weight excluding hydrogens is 492 g/mol. The summed E-state index contributed by atoms with van der Waals surface area (Å²) in [6.45, 7) is 0.222. The molecule has 2 heterocycles. The Kier molecular flexibility index (Phi) is 6.57. The highest BCUT2D eigenvalue weighted by molar-refractivity contribution is 9.10. The zero-order valence-electron chi connectivity index (χ0n) is 17.3. The van der Waals surface area contributed by atoms with Gasteiger partial charge in [-0.25, -0.2) is 4.98 Å². The molecule has 7 nitrogen and oxygen atoms in total. The van der Waals surface area contributed by atoms with E-state index in [1.807, 2.05) is 34.0 Å². The van der Waals surface area contributed by atoms with E-state index in [1.165, 1.54) is 22.3 Å². The van der Waals surface area contributed by atoms with Gasteiger partial charge in [-0.05, 0) is 23.8 Å². The van der Waals surface area contributed by atoms with Gasteiger partial charge in [-0.15, -0.1) is 11.3 Å². The number of hydrogen-bond donors (Lipinski definition) is 2. The van der Waals surface area contributed by atoms with Crippen LogP contribution in [0.15, 0.2) is 64.6 Å². The molecule has 4 aromatic rings. The summed E-state index contributed by atoms with van der Waals surface area (Å²) < 4.78 is 3.04. The summed E-state index contributed by atoms with van der Waals surface area (Å²) in [6, 6.07) is 14.7. The standard InChI is InChI=1S/C23H21BrN4O3S/c1-27(22(31)10-16-4-2-3-5-20(16)29)13-21(30)25-11-18-12-26-23-28(18)19(14-32-23)15-6-8-17(24)9-7-15/h2-9,12,14,29H,10-11,13H2,1H3,(H,25,30). The van der Waals surface area contributed by atoms with E-state index >= 15 is 0 Å². The normalized spacial score (nSPS) is 10.9. The van der Waals surface area contributed by atoms with Crippen molar-refractivity contribution in [2.24, 2.45) is 0 Å². The number of nitrogens with one attached hydrogen (secondary N) is 1. The van der Waals surface area contributed by atoms with Crippen molar-refractivity contribution in [3.8, 4) is 17.0 Å². The zero-order chi connectivity index (χ0) is 22.7. The van der Waals surface area contributed by atoms with Gasteiger partial charge in [0.1, 0.15) is 5.75 Å². The first-order valence-electron chi connectivity index (χ1n) is 9.89. The van der Waals surface area contributed by atoms with Crippen LogP contribution in [-0.4, -0.2) is 44.8 Å². The predicted octanol–water partition coefficient (Wildman–Crippen LogP) is 3.85.